The second-order valence-electron chi connectivity index (χ2n) is 7.22. The molecule has 7 heteroatoms. The molecule has 1 aliphatic heterocycles. The van der Waals surface area contributed by atoms with Crippen molar-refractivity contribution >= 4 is 11.5 Å². The lowest BCUT2D eigenvalue weighted by Crippen LogP contribution is -2.31. The largest absolute Gasteiger partial charge is 0.489 e. The monoisotopic (exact) mass is 379 g/mol. The lowest BCUT2D eigenvalue weighted by atomic mass is 10.0. The number of hydrogen-bond donors (Lipinski definition) is 1. The molecule has 0 radical (unpaired) electrons. The lowest BCUT2D eigenvalue weighted by molar-refractivity contribution is 0.302. The quantitative estimate of drug-likeness (QED) is 0.719. The molecule has 1 N–H and O–H groups in total. The molecule has 1 atom stereocenters. The highest BCUT2D eigenvalue weighted by molar-refractivity contribution is 5.55. The van der Waals surface area contributed by atoms with Crippen LogP contribution < -0.4 is 15.0 Å². The Morgan fingerprint density at radius 3 is 2.93 bits per heavy atom. The van der Waals surface area contributed by atoms with Crippen LogP contribution >= 0.6 is 0 Å². The molecule has 3 aromatic rings. The van der Waals surface area contributed by atoms with Crippen molar-refractivity contribution in [2.45, 2.75) is 39.8 Å². The topological polar surface area (TPSA) is 76.3 Å². The highest BCUT2D eigenvalue weighted by Crippen LogP contribution is 2.34. The van der Waals surface area contributed by atoms with Crippen LogP contribution in [-0.4, -0.2) is 28.7 Å². The number of rotatable bonds is 5. The zero-order chi connectivity index (χ0) is 19.7. The minimum Gasteiger partial charge on any atom is -0.489 e. The number of fused-ring (bicyclic) bond motifs is 1. The van der Waals surface area contributed by atoms with Gasteiger partial charge >= 0.3 is 0 Å². The average Bonchev–Trinajstić information content (AvgIpc) is 3.01. The maximum atomic E-state index is 5.97. The number of anilines is 2. The smallest absolute Gasteiger partial charge is 0.140 e. The molecule has 1 aromatic carbocycles. The summed E-state index contributed by atoms with van der Waals surface area (Å²) in [6.45, 7) is 7.13. The van der Waals surface area contributed by atoms with Gasteiger partial charge in [-0.1, -0.05) is 11.2 Å². The fraction of sp³-hybridized carbons (Fsp3) is 0.381. The Morgan fingerprint density at radius 2 is 2.14 bits per heavy atom. The van der Waals surface area contributed by atoms with E-state index in [2.05, 4.69) is 38.5 Å². The highest BCUT2D eigenvalue weighted by Gasteiger charge is 2.25. The van der Waals surface area contributed by atoms with Crippen LogP contribution in [0, 0.1) is 20.8 Å². The van der Waals surface area contributed by atoms with E-state index in [0.29, 0.717) is 6.61 Å². The van der Waals surface area contributed by atoms with E-state index >= 15 is 0 Å². The van der Waals surface area contributed by atoms with E-state index in [4.69, 9.17) is 9.26 Å². The number of aromatic nitrogens is 3. The molecule has 0 fully saturated rings. The van der Waals surface area contributed by atoms with E-state index < -0.39 is 0 Å². The van der Waals surface area contributed by atoms with Gasteiger partial charge in [0.1, 0.15) is 29.8 Å². The van der Waals surface area contributed by atoms with E-state index in [1.807, 2.05) is 45.2 Å². The number of aryl methyl sites for hydroxylation is 3. The third-order valence-corrected chi connectivity index (χ3v) is 5.15. The Kier molecular flexibility index (Phi) is 4.90. The number of ether oxygens (including phenoxy) is 1. The first-order chi connectivity index (χ1) is 13.5. The predicted octanol–water partition coefficient (Wildman–Crippen LogP) is 3.96. The fourth-order valence-electron chi connectivity index (χ4n) is 3.49. The van der Waals surface area contributed by atoms with Gasteiger partial charge in [-0.3, -0.25) is 0 Å². The first-order valence-electron chi connectivity index (χ1n) is 9.47. The van der Waals surface area contributed by atoms with Crippen molar-refractivity contribution in [1.29, 1.82) is 0 Å². The Labute approximate surface area is 164 Å². The molecule has 2 aromatic heterocycles. The van der Waals surface area contributed by atoms with Crippen molar-refractivity contribution in [3.8, 4) is 5.75 Å². The van der Waals surface area contributed by atoms with Crippen LogP contribution in [0.5, 0.6) is 5.75 Å². The van der Waals surface area contributed by atoms with Gasteiger partial charge in [-0.05, 0) is 39.3 Å². The molecule has 7 nitrogen and oxygen atoms in total. The first-order valence-corrected chi connectivity index (χ1v) is 9.47. The maximum absolute atomic E-state index is 5.97. The average molecular weight is 379 g/mol. The lowest BCUT2D eigenvalue weighted by Gasteiger charge is -2.32. The molecular weight excluding hydrogens is 354 g/mol. The summed E-state index contributed by atoms with van der Waals surface area (Å²) in [5.74, 6) is 3.39. The Bertz CT molecular complexity index is 965. The summed E-state index contributed by atoms with van der Waals surface area (Å²) in [6.07, 6.45) is 2.92. The van der Waals surface area contributed by atoms with Gasteiger partial charge in [-0.2, -0.15) is 0 Å². The van der Waals surface area contributed by atoms with Crippen molar-refractivity contribution in [2.75, 3.05) is 23.8 Å². The second kappa shape index (κ2) is 7.50. The third-order valence-electron chi connectivity index (χ3n) is 5.15. The van der Waals surface area contributed by atoms with Gasteiger partial charge in [0.05, 0.1) is 17.3 Å². The minimum absolute atomic E-state index is 0.171. The number of nitrogens with zero attached hydrogens (tertiary/aromatic N) is 4. The molecule has 0 spiro atoms. The molecule has 28 heavy (non-hydrogen) atoms. The van der Waals surface area contributed by atoms with Crippen LogP contribution in [-0.2, 0) is 6.61 Å². The minimum atomic E-state index is 0.171. The normalized spacial score (nSPS) is 16.0. The first kappa shape index (κ1) is 18.3. The molecular formula is C21H25N5O2. The van der Waals surface area contributed by atoms with Gasteiger partial charge < -0.3 is 19.5 Å². The molecule has 0 amide bonds. The molecule has 4 rings (SSSR count). The predicted molar refractivity (Wildman–Crippen MR) is 108 cm³/mol. The molecule has 146 valence electrons. The summed E-state index contributed by atoms with van der Waals surface area (Å²) in [4.78, 5) is 11.2. The third kappa shape index (κ3) is 3.65. The Morgan fingerprint density at radius 1 is 1.29 bits per heavy atom. The van der Waals surface area contributed by atoms with Gasteiger partial charge in [-0.25, -0.2) is 9.97 Å². The van der Waals surface area contributed by atoms with E-state index in [-0.39, 0.29) is 6.04 Å². The summed E-state index contributed by atoms with van der Waals surface area (Å²) in [5, 5.41) is 7.59. The molecule has 1 unspecified atom stereocenters. The zero-order valence-electron chi connectivity index (χ0n) is 16.7. The molecule has 1 aliphatic rings. The van der Waals surface area contributed by atoms with E-state index in [1.165, 1.54) is 0 Å². The van der Waals surface area contributed by atoms with Crippen molar-refractivity contribution in [3.05, 3.63) is 58.9 Å². The Balaban J connectivity index is 1.49. The Hall–Kier alpha value is -3.09. The molecule has 0 saturated carbocycles. The van der Waals surface area contributed by atoms with E-state index in [1.54, 1.807) is 0 Å². The molecule has 0 bridgehead atoms. The second-order valence-corrected chi connectivity index (χ2v) is 7.22. The summed E-state index contributed by atoms with van der Waals surface area (Å²) >= 11 is 0. The highest BCUT2D eigenvalue weighted by atomic mass is 16.5. The van der Waals surface area contributed by atoms with Crippen molar-refractivity contribution in [2.24, 2.45) is 0 Å². The van der Waals surface area contributed by atoms with Crippen LogP contribution in [0.3, 0.4) is 0 Å². The van der Waals surface area contributed by atoms with Gasteiger partial charge in [-0.15, -0.1) is 0 Å². The van der Waals surface area contributed by atoms with Gasteiger partial charge in [0.2, 0.25) is 0 Å². The molecule has 3 heterocycles. The fourth-order valence-corrected chi connectivity index (χ4v) is 3.49. The van der Waals surface area contributed by atoms with Gasteiger partial charge in [0.25, 0.3) is 0 Å². The van der Waals surface area contributed by atoms with Crippen LogP contribution in [0.1, 0.15) is 40.9 Å². The van der Waals surface area contributed by atoms with Crippen molar-refractivity contribution in [1.82, 2.24) is 15.1 Å². The van der Waals surface area contributed by atoms with Gasteiger partial charge in [0, 0.05) is 37.1 Å². The summed E-state index contributed by atoms with van der Waals surface area (Å²) in [5.41, 5.74) is 4.00. The van der Waals surface area contributed by atoms with Crippen molar-refractivity contribution < 1.29 is 9.26 Å². The molecule has 0 aliphatic carbocycles. The number of benzene rings is 1. The van der Waals surface area contributed by atoms with Crippen LogP contribution in [0.4, 0.5) is 11.5 Å². The summed E-state index contributed by atoms with van der Waals surface area (Å²) in [7, 11) is 2.07. The van der Waals surface area contributed by atoms with Crippen LogP contribution in [0.2, 0.25) is 0 Å². The summed E-state index contributed by atoms with van der Waals surface area (Å²) < 4.78 is 11.2. The zero-order valence-corrected chi connectivity index (χ0v) is 16.7. The van der Waals surface area contributed by atoms with Crippen molar-refractivity contribution in [3.63, 3.8) is 0 Å². The number of nitrogens with one attached hydrogen (secondary N) is 1. The maximum Gasteiger partial charge on any atom is 0.140 e. The molecule has 0 saturated heterocycles. The number of hydrogen-bond acceptors (Lipinski definition) is 7. The van der Waals surface area contributed by atoms with E-state index in [0.717, 1.165) is 58.6 Å². The van der Waals surface area contributed by atoms with Crippen LogP contribution in [0.15, 0.2) is 35.0 Å². The SMILES string of the molecule is Cc1ncc2c(n1)N(C)CCC2Nc1cccc(OCc2c(C)noc2C)c1. The van der Waals surface area contributed by atoms with Crippen LogP contribution in [0.25, 0.3) is 0 Å². The standard InChI is InChI=1S/C21H25N5O2/c1-13-19(14(2)28-25-13)12-27-17-7-5-6-16(10-17)24-20-8-9-26(4)21-18(20)11-22-15(3)23-21/h5-7,10-11,20,24H,8-9,12H2,1-4H3. The van der Waals surface area contributed by atoms with Gasteiger partial charge in [0.15, 0.2) is 0 Å². The van der Waals surface area contributed by atoms with E-state index in [9.17, 15) is 0 Å². The summed E-state index contributed by atoms with van der Waals surface area (Å²) in [6, 6.07) is 8.19.